The molecule has 1 amide bonds. The molecule has 0 aromatic carbocycles. The number of nitrogens with two attached hydrogens (primary N) is 1. The summed E-state index contributed by atoms with van der Waals surface area (Å²) in [5.41, 5.74) is 1.07. The summed E-state index contributed by atoms with van der Waals surface area (Å²) in [6.45, 7) is 3.99. The van der Waals surface area contributed by atoms with E-state index in [0.29, 0.717) is 5.82 Å². The number of nitrogens with one attached hydrogen (secondary N) is 2. The molecule has 0 aliphatic rings. The molecule has 0 spiro atoms. The van der Waals surface area contributed by atoms with E-state index in [1.54, 1.807) is 13.1 Å². The summed E-state index contributed by atoms with van der Waals surface area (Å²) < 4.78 is 23.9. The molecule has 114 valence electrons. The molecular weight excluding hydrogens is 294 g/mol. The lowest BCUT2D eigenvalue weighted by molar-refractivity contribution is 0.101. The third-order valence-corrected chi connectivity index (χ3v) is 3.88. The molecule has 2 heterocycles. The fourth-order valence-corrected chi connectivity index (χ4v) is 2.37. The van der Waals surface area contributed by atoms with Crippen LogP contribution in [0.2, 0.25) is 0 Å². The smallest absolute Gasteiger partial charge is 0.273 e. The van der Waals surface area contributed by atoms with Crippen molar-refractivity contribution in [1.29, 1.82) is 0 Å². The van der Waals surface area contributed by atoms with Crippen molar-refractivity contribution in [2.75, 3.05) is 5.32 Å². The maximum Gasteiger partial charge on any atom is 0.273 e. The molecule has 4 N–H and O–H groups in total. The van der Waals surface area contributed by atoms with Crippen LogP contribution in [0.4, 0.5) is 5.82 Å². The number of primary sulfonamides is 1. The molecule has 0 fully saturated rings. The second-order valence-corrected chi connectivity index (χ2v) is 6.60. The number of hydrogen-bond donors (Lipinski definition) is 3. The van der Waals surface area contributed by atoms with E-state index in [-0.39, 0.29) is 16.5 Å². The number of carbonyl (C=O) groups excluding carboxylic acids is 1. The van der Waals surface area contributed by atoms with Gasteiger partial charge in [-0.15, -0.1) is 0 Å². The first kappa shape index (κ1) is 15.3. The quantitative estimate of drug-likeness (QED) is 0.771. The fourth-order valence-electron chi connectivity index (χ4n) is 1.79. The van der Waals surface area contributed by atoms with Gasteiger partial charge in [-0.25, -0.2) is 13.6 Å². The number of aryl methyl sites for hydroxylation is 1. The van der Waals surface area contributed by atoms with Gasteiger partial charge in [0.2, 0.25) is 10.0 Å². The molecule has 0 radical (unpaired) electrons. The Bertz CT molecular complexity index is 773. The van der Waals surface area contributed by atoms with Crippen molar-refractivity contribution < 1.29 is 13.2 Å². The van der Waals surface area contributed by atoms with Crippen molar-refractivity contribution in [1.82, 2.24) is 14.8 Å². The normalized spacial score (nSPS) is 11.9. The number of sulfonamides is 1. The summed E-state index contributed by atoms with van der Waals surface area (Å²) >= 11 is 0. The minimum Gasteiger partial charge on any atom is -0.345 e. The predicted octanol–water partition coefficient (Wildman–Crippen LogP) is 0.771. The van der Waals surface area contributed by atoms with E-state index in [9.17, 15) is 13.2 Å². The lowest BCUT2D eigenvalue weighted by Gasteiger charge is -2.02. The first-order chi connectivity index (χ1) is 9.68. The van der Waals surface area contributed by atoms with Crippen LogP contribution in [0.15, 0.2) is 23.2 Å². The Morgan fingerprint density at radius 2 is 2.10 bits per heavy atom. The standard InChI is InChI=1S/C12H17N5O3S/c1-7(2)9-5-11(16-15-9)14-12(18)10-4-8(6-17(10)3)21(13,19)20/h4-7H,1-3H3,(H2,13,19,20)(H2,14,15,16,18). The lowest BCUT2D eigenvalue weighted by Crippen LogP contribution is -2.15. The zero-order valence-corrected chi connectivity index (χ0v) is 12.7. The van der Waals surface area contributed by atoms with Gasteiger partial charge in [0.15, 0.2) is 5.82 Å². The highest BCUT2D eigenvalue weighted by Gasteiger charge is 2.18. The molecule has 0 aliphatic carbocycles. The summed E-state index contributed by atoms with van der Waals surface area (Å²) in [5, 5.41) is 14.4. The molecule has 0 unspecified atom stereocenters. The molecule has 21 heavy (non-hydrogen) atoms. The summed E-state index contributed by atoms with van der Waals surface area (Å²) in [5.74, 6) is 0.170. The Labute approximate surface area is 122 Å². The van der Waals surface area contributed by atoms with Crippen LogP contribution in [0, 0.1) is 0 Å². The van der Waals surface area contributed by atoms with Crippen molar-refractivity contribution in [2.24, 2.45) is 12.2 Å². The Hall–Kier alpha value is -2.13. The molecule has 0 bridgehead atoms. The van der Waals surface area contributed by atoms with Crippen LogP contribution >= 0.6 is 0 Å². The number of H-pyrrole nitrogens is 1. The van der Waals surface area contributed by atoms with Gasteiger partial charge in [-0.1, -0.05) is 13.8 Å². The van der Waals surface area contributed by atoms with Crippen molar-refractivity contribution in [3.8, 4) is 0 Å². The number of amides is 1. The van der Waals surface area contributed by atoms with Crippen molar-refractivity contribution in [3.05, 3.63) is 29.7 Å². The van der Waals surface area contributed by atoms with Crippen LogP contribution in [0.1, 0.15) is 35.9 Å². The summed E-state index contributed by atoms with van der Waals surface area (Å²) in [6.07, 6.45) is 1.29. The van der Waals surface area contributed by atoms with Gasteiger partial charge >= 0.3 is 0 Å². The van der Waals surface area contributed by atoms with Crippen molar-refractivity contribution in [3.63, 3.8) is 0 Å². The first-order valence-corrected chi connectivity index (χ1v) is 7.79. The van der Waals surface area contributed by atoms with E-state index >= 15 is 0 Å². The Balaban J connectivity index is 2.22. The minimum absolute atomic E-state index is 0.111. The molecule has 0 saturated carbocycles. The number of hydrogen-bond acceptors (Lipinski definition) is 4. The average Bonchev–Trinajstić information content (AvgIpc) is 2.94. The molecule has 2 aromatic heterocycles. The van der Waals surface area contributed by atoms with Crippen LogP contribution in [-0.2, 0) is 17.1 Å². The van der Waals surface area contributed by atoms with Crippen LogP contribution in [0.3, 0.4) is 0 Å². The van der Waals surface area contributed by atoms with Crippen molar-refractivity contribution in [2.45, 2.75) is 24.7 Å². The van der Waals surface area contributed by atoms with E-state index in [1.807, 2.05) is 13.8 Å². The van der Waals surface area contributed by atoms with E-state index < -0.39 is 15.9 Å². The van der Waals surface area contributed by atoms with Gasteiger partial charge in [-0.05, 0) is 12.0 Å². The Morgan fingerprint density at radius 3 is 2.57 bits per heavy atom. The molecule has 0 atom stereocenters. The van der Waals surface area contributed by atoms with Gasteiger partial charge in [0.25, 0.3) is 5.91 Å². The summed E-state index contributed by atoms with van der Waals surface area (Å²) in [6, 6.07) is 2.95. The van der Waals surface area contributed by atoms with Crippen molar-refractivity contribution >= 4 is 21.7 Å². The molecule has 0 saturated heterocycles. The number of carbonyl (C=O) groups is 1. The zero-order chi connectivity index (χ0) is 15.8. The molecule has 0 aliphatic heterocycles. The third kappa shape index (κ3) is 3.31. The first-order valence-electron chi connectivity index (χ1n) is 6.24. The molecule has 8 nitrogen and oxygen atoms in total. The van der Waals surface area contributed by atoms with E-state index in [2.05, 4.69) is 15.5 Å². The van der Waals surface area contributed by atoms with Gasteiger partial charge in [0.1, 0.15) is 10.6 Å². The van der Waals surface area contributed by atoms with Crippen LogP contribution in [-0.4, -0.2) is 29.1 Å². The Morgan fingerprint density at radius 1 is 1.43 bits per heavy atom. The topological polar surface area (TPSA) is 123 Å². The van der Waals surface area contributed by atoms with Gasteiger partial charge < -0.3 is 9.88 Å². The molecule has 2 rings (SSSR count). The molecule has 9 heteroatoms. The number of nitrogens with zero attached hydrogens (tertiary/aromatic N) is 2. The lowest BCUT2D eigenvalue weighted by atomic mass is 10.1. The summed E-state index contributed by atoms with van der Waals surface area (Å²) in [4.78, 5) is 12.0. The van der Waals surface area contributed by atoms with E-state index in [0.717, 1.165) is 5.69 Å². The van der Waals surface area contributed by atoms with Gasteiger partial charge in [0, 0.05) is 25.0 Å². The largest absolute Gasteiger partial charge is 0.345 e. The number of anilines is 1. The monoisotopic (exact) mass is 311 g/mol. The molecular formula is C12H17N5O3S. The average molecular weight is 311 g/mol. The highest BCUT2D eigenvalue weighted by Crippen LogP contribution is 2.17. The van der Waals surface area contributed by atoms with Gasteiger partial charge in [-0.3, -0.25) is 9.89 Å². The van der Waals surface area contributed by atoms with Gasteiger partial charge in [-0.2, -0.15) is 5.10 Å². The van der Waals surface area contributed by atoms with Gasteiger partial charge in [0.05, 0.1) is 0 Å². The second-order valence-electron chi connectivity index (χ2n) is 5.03. The maximum atomic E-state index is 12.1. The fraction of sp³-hybridized carbons (Fsp3) is 0.333. The van der Waals surface area contributed by atoms with E-state index in [1.165, 1.54) is 16.8 Å². The SMILES string of the molecule is CC(C)c1cc(NC(=O)c2cc(S(N)(=O)=O)cn2C)n[nH]1. The predicted molar refractivity (Wildman–Crippen MR) is 77.4 cm³/mol. The number of aromatic nitrogens is 3. The van der Waals surface area contributed by atoms with Crippen LogP contribution in [0.5, 0.6) is 0 Å². The second kappa shape index (κ2) is 5.34. The highest BCUT2D eigenvalue weighted by atomic mass is 32.2. The Kier molecular flexibility index (Phi) is 3.88. The third-order valence-electron chi connectivity index (χ3n) is 3.00. The minimum atomic E-state index is -3.84. The zero-order valence-electron chi connectivity index (χ0n) is 11.9. The number of aromatic amines is 1. The summed E-state index contributed by atoms with van der Waals surface area (Å²) in [7, 11) is -2.28. The van der Waals surface area contributed by atoms with Crippen LogP contribution in [0.25, 0.3) is 0 Å². The maximum absolute atomic E-state index is 12.1. The number of rotatable bonds is 4. The van der Waals surface area contributed by atoms with E-state index in [4.69, 9.17) is 5.14 Å². The highest BCUT2D eigenvalue weighted by molar-refractivity contribution is 7.89. The van der Waals surface area contributed by atoms with Crippen LogP contribution < -0.4 is 10.5 Å². The molecule has 2 aromatic rings.